The molecule has 0 bridgehead atoms. The van der Waals surface area contributed by atoms with E-state index in [0.29, 0.717) is 12.5 Å². The molecule has 2 aliphatic heterocycles. The molecule has 2 heterocycles. The van der Waals surface area contributed by atoms with Crippen molar-refractivity contribution in [1.82, 2.24) is 10.2 Å². The molecule has 0 aromatic rings. The summed E-state index contributed by atoms with van der Waals surface area (Å²) in [6, 6.07) is 1.46. The van der Waals surface area contributed by atoms with Gasteiger partial charge in [-0.15, -0.1) is 0 Å². The second-order valence-electron chi connectivity index (χ2n) is 4.48. The summed E-state index contributed by atoms with van der Waals surface area (Å²) in [7, 11) is 0. The van der Waals surface area contributed by atoms with Crippen LogP contribution in [-0.2, 0) is 0 Å². The third kappa shape index (κ3) is 1.87. The van der Waals surface area contributed by atoms with Crippen molar-refractivity contribution in [2.24, 2.45) is 5.92 Å². The van der Waals surface area contributed by atoms with Crippen LogP contribution in [-0.4, -0.2) is 48.3 Å². The van der Waals surface area contributed by atoms with Crippen LogP contribution < -0.4 is 5.32 Å². The second-order valence-corrected chi connectivity index (χ2v) is 4.48. The van der Waals surface area contributed by atoms with Crippen molar-refractivity contribution in [3.63, 3.8) is 0 Å². The van der Waals surface area contributed by atoms with Gasteiger partial charge in [-0.2, -0.15) is 0 Å². The lowest BCUT2D eigenvalue weighted by atomic mass is 9.91. The van der Waals surface area contributed by atoms with E-state index < -0.39 is 0 Å². The summed E-state index contributed by atoms with van der Waals surface area (Å²) in [6.45, 7) is 6.06. The fourth-order valence-corrected chi connectivity index (χ4v) is 2.38. The number of piperidine rings is 1. The molecule has 0 spiro atoms. The zero-order valence-electron chi connectivity index (χ0n) is 8.37. The summed E-state index contributed by atoms with van der Waals surface area (Å²) in [5.74, 6) is 0.525. The van der Waals surface area contributed by atoms with Gasteiger partial charge in [-0.3, -0.25) is 4.90 Å². The Bertz CT molecular complexity index is 168. The molecule has 13 heavy (non-hydrogen) atoms. The molecule has 2 fully saturated rings. The number of rotatable bonds is 2. The van der Waals surface area contributed by atoms with Gasteiger partial charge in [0.25, 0.3) is 0 Å². The first-order valence-corrected chi connectivity index (χ1v) is 5.38. The second kappa shape index (κ2) is 3.95. The number of aliphatic hydroxyl groups excluding tert-OH is 1. The Morgan fingerprint density at radius 3 is 2.69 bits per heavy atom. The van der Waals surface area contributed by atoms with Crippen molar-refractivity contribution in [1.29, 1.82) is 0 Å². The molecule has 0 radical (unpaired) electrons. The fourth-order valence-electron chi connectivity index (χ4n) is 2.38. The van der Waals surface area contributed by atoms with Crippen molar-refractivity contribution >= 4 is 0 Å². The average Bonchev–Trinajstić information content (AvgIpc) is 2.06. The zero-order valence-corrected chi connectivity index (χ0v) is 8.37. The van der Waals surface area contributed by atoms with Crippen molar-refractivity contribution in [2.75, 3.05) is 26.2 Å². The van der Waals surface area contributed by atoms with Crippen LogP contribution in [0.2, 0.25) is 0 Å². The summed E-state index contributed by atoms with van der Waals surface area (Å²) in [6.07, 6.45) is 2.45. The van der Waals surface area contributed by atoms with E-state index in [1.165, 1.54) is 12.8 Å². The number of nitrogens with zero attached hydrogens (tertiary/aromatic N) is 1. The summed E-state index contributed by atoms with van der Waals surface area (Å²) >= 11 is 0. The number of aliphatic hydroxyl groups is 1. The van der Waals surface area contributed by atoms with E-state index >= 15 is 0 Å². The molecular weight excluding hydrogens is 164 g/mol. The summed E-state index contributed by atoms with van der Waals surface area (Å²) in [5.41, 5.74) is 0. The maximum absolute atomic E-state index is 9.13. The Balaban J connectivity index is 1.90. The lowest BCUT2D eigenvalue weighted by Gasteiger charge is -2.46. The largest absolute Gasteiger partial charge is 0.396 e. The molecule has 2 saturated heterocycles. The van der Waals surface area contributed by atoms with Gasteiger partial charge < -0.3 is 10.4 Å². The first-order valence-electron chi connectivity index (χ1n) is 5.38. The summed E-state index contributed by atoms with van der Waals surface area (Å²) in [5, 5.41) is 12.4. The van der Waals surface area contributed by atoms with Gasteiger partial charge >= 0.3 is 0 Å². The van der Waals surface area contributed by atoms with Crippen molar-refractivity contribution in [2.45, 2.75) is 31.8 Å². The molecule has 3 nitrogen and oxygen atoms in total. The summed E-state index contributed by atoms with van der Waals surface area (Å²) < 4.78 is 0. The smallest absolute Gasteiger partial charge is 0.0471 e. The van der Waals surface area contributed by atoms with E-state index in [2.05, 4.69) is 17.1 Å². The standard InChI is InChI=1S/C10H20N2O/c1-8-2-3-9(7-13)6-12(8)10-4-11-5-10/h8-11,13H,2-7H2,1H3. The Hall–Kier alpha value is -0.120. The van der Waals surface area contributed by atoms with E-state index in [9.17, 15) is 0 Å². The molecule has 2 rings (SSSR count). The predicted molar refractivity (Wildman–Crippen MR) is 52.6 cm³/mol. The predicted octanol–water partition coefficient (Wildman–Crippen LogP) is 0.0510. The van der Waals surface area contributed by atoms with Gasteiger partial charge in [0.2, 0.25) is 0 Å². The maximum atomic E-state index is 9.13. The SMILES string of the molecule is CC1CCC(CO)CN1C1CNC1. The van der Waals surface area contributed by atoms with Gasteiger partial charge in [-0.05, 0) is 25.7 Å². The normalized spacial score (nSPS) is 37.4. The quantitative estimate of drug-likeness (QED) is 0.636. The van der Waals surface area contributed by atoms with Crippen LogP contribution in [0, 0.1) is 5.92 Å². The molecule has 0 amide bonds. The highest BCUT2D eigenvalue weighted by Crippen LogP contribution is 2.24. The Morgan fingerprint density at radius 2 is 2.15 bits per heavy atom. The van der Waals surface area contributed by atoms with Gasteiger partial charge in [0.05, 0.1) is 0 Å². The van der Waals surface area contributed by atoms with Gasteiger partial charge in [-0.25, -0.2) is 0 Å². The van der Waals surface area contributed by atoms with Crippen LogP contribution in [0.25, 0.3) is 0 Å². The number of nitrogens with one attached hydrogen (secondary N) is 1. The number of hydrogen-bond acceptors (Lipinski definition) is 3. The van der Waals surface area contributed by atoms with Crippen LogP contribution in [0.5, 0.6) is 0 Å². The van der Waals surface area contributed by atoms with Gasteiger partial charge in [0, 0.05) is 38.3 Å². The van der Waals surface area contributed by atoms with E-state index in [1.807, 2.05) is 0 Å². The fraction of sp³-hybridized carbons (Fsp3) is 1.00. The van der Waals surface area contributed by atoms with Gasteiger partial charge in [0.1, 0.15) is 0 Å². The van der Waals surface area contributed by atoms with Crippen LogP contribution in [0.4, 0.5) is 0 Å². The van der Waals surface area contributed by atoms with E-state index in [0.717, 1.165) is 31.7 Å². The van der Waals surface area contributed by atoms with Crippen LogP contribution in [0.15, 0.2) is 0 Å². The first kappa shape index (κ1) is 9.44. The Morgan fingerprint density at radius 1 is 1.38 bits per heavy atom. The van der Waals surface area contributed by atoms with Crippen LogP contribution in [0.3, 0.4) is 0 Å². The Kier molecular flexibility index (Phi) is 2.86. The molecule has 2 atom stereocenters. The molecule has 2 unspecified atom stereocenters. The first-order chi connectivity index (χ1) is 6.31. The topological polar surface area (TPSA) is 35.5 Å². The highest BCUT2D eigenvalue weighted by Gasteiger charge is 2.32. The summed E-state index contributed by atoms with van der Waals surface area (Å²) in [4.78, 5) is 2.57. The third-order valence-electron chi connectivity index (χ3n) is 3.52. The van der Waals surface area contributed by atoms with Gasteiger partial charge in [0.15, 0.2) is 0 Å². The minimum atomic E-state index is 0.364. The number of likely N-dealkylation sites (tertiary alicyclic amines) is 1. The van der Waals surface area contributed by atoms with Crippen molar-refractivity contribution in [3.8, 4) is 0 Å². The highest BCUT2D eigenvalue weighted by atomic mass is 16.3. The van der Waals surface area contributed by atoms with E-state index in [4.69, 9.17) is 5.11 Å². The molecule has 0 aliphatic carbocycles. The highest BCUT2D eigenvalue weighted by molar-refractivity contribution is 4.90. The molecule has 76 valence electrons. The maximum Gasteiger partial charge on any atom is 0.0471 e. The van der Waals surface area contributed by atoms with Crippen molar-refractivity contribution in [3.05, 3.63) is 0 Å². The third-order valence-corrected chi connectivity index (χ3v) is 3.52. The monoisotopic (exact) mass is 184 g/mol. The minimum Gasteiger partial charge on any atom is -0.396 e. The Labute approximate surface area is 80.1 Å². The van der Waals surface area contributed by atoms with E-state index in [-0.39, 0.29) is 0 Å². The minimum absolute atomic E-state index is 0.364. The van der Waals surface area contributed by atoms with Crippen LogP contribution >= 0.6 is 0 Å². The van der Waals surface area contributed by atoms with Crippen molar-refractivity contribution < 1.29 is 5.11 Å². The molecular formula is C10H20N2O. The number of hydrogen-bond donors (Lipinski definition) is 2. The lowest BCUT2D eigenvalue weighted by molar-refractivity contribution is 0.0292. The van der Waals surface area contributed by atoms with Gasteiger partial charge in [-0.1, -0.05) is 0 Å². The molecule has 2 aliphatic rings. The molecule has 0 aromatic carbocycles. The molecule has 0 saturated carbocycles. The average molecular weight is 184 g/mol. The molecule has 3 heteroatoms. The molecule has 0 aromatic heterocycles. The van der Waals surface area contributed by atoms with Crippen LogP contribution in [0.1, 0.15) is 19.8 Å². The molecule has 2 N–H and O–H groups in total. The lowest BCUT2D eigenvalue weighted by Crippen LogP contribution is -2.61. The zero-order chi connectivity index (χ0) is 9.26. The van der Waals surface area contributed by atoms with E-state index in [1.54, 1.807) is 0 Å².